The number of benzene rings is 1. The molecule has 0 spiro atoms. The van der Waals surface area contributed by atoms with E-state index in [0.29, 0.717) is 0 Å². The molecule has 1 unspecified atom stereocenters. The number of hydrogen-bond acceptors (Lipinski definition) is 2. The van der Waals surface area contributed by atoms with E-state index in [-0.39, 0.29) is 5.57 Å². The molecule has 2 heteroatoms. The van der Waals surface area contributed by atoms with Gasteiger partial charge in [0.1, 0.15) is 6.10 Å². The molecule has 0 aliphatic heterocycles. The zero-order valence-electron chi connectivity index (χ0n) is 9.33. The Bertz CT molecular complexity index is 441. The summed E-state index contributed by atoms with van der Waals surface area (Å²) >= 11 is 0. The van der Waals surface area contributed by atoms with Gasteiger partial charge in [0.15, 0.2) is 0 Å². The monoisotopic (exact) mass is 201 g/mol. The smallest absolute Gasteiger partial charge is 0.114 e. The molecule has 1 rings (SSSR count). The van der Waals surface area contributed by atoms with Crippen LogP contribution in [0.3, 0.4) is 0 Å². The average molecular weight is 201 g/mol. The Kier molecular flexibility index (Phi) is 3.28. The molecule has 1 aromatic rings. The summed E-state index contributed by atoms with van der Waals surface area (Å²) in [6.07, 6.45) is -0.880. The van der Waals surface area contributed by atoms with Gasteiger partial charge in [-0.25, -0.2) is 0 Å². The van der Waals surface area contributed by atoms with E-state index in [9.17, 15) is 5.11 Å². The zero-order valence-corrected chi connectivity index (χ0v) is 9.33. The normalized spacial score (nSPS) is 11.9. The number of aryl methyl sites for hydroxylation is 3. The predicted octanol–water partition coefficient (Wildman–Crippen LogP) is 2.73. The molecule has 2 nitrogen and oxygen atoms in total. The molecule has 0 fully saturated rings. The minimum Gasteiger partial charge on any atom is -0.383 e. The number of nitriles is 1. The lowest BCUT2D eigenvalue weighted by atomic mass is 9.94. The van der Waals surface area contributed by atoms with E-state index in [2.05, 4.69) is 6.58 Å². The molecule has 78 valence electrons. The predicted molar refractivity (Wildman–Crippen MR) is 60.4 cm³/mol. The average Bonchev–Trinajstić information content (AvgIpc) is 2.21. The second-order valence-corrected chi connectivity index (χ2v) is 3.83. The van der Waals surface area contributed by atoms with Crippen LogP contribution in [-0.2, 0) is 0 Å². The quantitative estimate of drug-likeness (QED) is 0.748. The second kappa shape index (κ2) is 4.29. The molecule has 1 aromatic carbocycles. The highest BCUT2D eigenvalue weighted by atomic mass is 16.3. The number of aliphatic hydroxyl groups is 1. The van der Waals surface area contributed by atoms with Crippen LogP contribution in [0.25, 0.3) is 0 Å². The molecule has 1 N–H and O–H groups in total. The minimum absolute atomic E-state index is 0.182. The summed E-state index contributed by atoms with van der Waals surface area (Å²) in [6, 6.07) is 5.81. The van der Waals surface area contributed by atoms with Crippen LogP contribution >= 0.6 is 0 Å². The van der Waals surface area contributed by atoms with Crippen molar-refractivity contribution in [3.8, 4) is 6.07 Å². The van der Waals surface area contributed by atoms with Crippen molar-refractivity contribution in [1.29, 1.82) is 5.26 Å². The summed E-state index contributed by atoms with van der Waals surface area (Å²) in [4.78, 5) is 0. The first-order chi connectivity index (χ1) is 6.97. The standard InChI is InChI=1S/C13H15NO/c1-8-5-10(3)12(6-9(8)2)13(15)11(4)7-14/h5-6,13,15H,4H2,1-3H3. The Labute approximate surface area is 90.5 Å². The fourth-order valence-corrected chi connectivity index (χ4v) is 1.53. The van der Waals surface area contributed by atoms with Gasteiger partial charge in [-0.3, -0.25) is 0 Å². The Hall–Kier alpha value is -1.59. The third-order valence-electron chi connectivity index (χ3n) is 2.65. The van der Waals surface area contributed by atoms with E-state index in [1.54, 1.807) is 0 Å². The van der Waals surface area contributed by atoms with Gasteiger partial charge in [-0.1, -0.05) is 18.7 Å². The highest BCUT2D eigenvalue weighted by molar-refractivity contribution is 5.42. The van der Waals surface area contributed by atoms with Crippen molar-refractivity contribution < 1.29 is 5.11 Å². The summed E-state index contributed by atoms with van der Waals surface area (Å²) in [6.45, 7) is 9.47. The maximum atomic E-state index is 9.86. The summed E-state index contributed by atoms with van der Waals surface area (Å²) < 4.78 is 0. The van der Waals surface area contributed by atoms with Crippen molar-refractivity contribution >= 4 is 0 Å². The van der Waals surface area contributed by atoms with Crippen molar-refractivity contribution in [2.75, 3.05) is 0 Å². The summed E-state index contributed by atoms with van der Waals surface area (Å²) in [5.41, 5.74) is 4.24. The second-order valence-electron chi connectivity index (χ2n) is 3.83. The van der Waals surface area contributed by atoms with E-state index in [1.165, 1.54) is 5.56 Å². The van der Waals surface area contributed by atoms with Crippen molar-refractivity contribution in [3.05, 3.63) is 46.5 Å². The molecular weight excluding hydrogens is 186 g/mol. The Morgan fingerprint density at radius 2 is 1.80 bits per heavy atom. The van der Waals surface area contributed by atoms with Crippen molar-refractivity contribution in [3.63, 3.8) is 0 Å². The van der Waals surface area contributed by atoms with E-state index < -0.39 is 6.10 Å². The third kappa shape index (κ3) is 2.26. The summed E-state index contributed by atoms with van der Waals surface area (Å²) in [5.74, 6) is 0. The Morgan fingerprint density at radius 1 is 1.27 bits per heavy atom. The summed E-state index contributed by atoms with van der Waals surface area (Å²) in [7, 11) is 0. The Morgan fingerprint density at radius 3 is 2.33 bits per heavy atom. The highest BCUT2D eigenvalue weighted by Crippen LogP contribution is 2.25. The van der Waals surface area contributed by atoms with Crippen LogP contribution in [0.4, 0.5) is 0 Å². The van der Waals surface area contributed by atoms with Gasteiger partial charge in [0, 0.05) is 0 Å². The van der Waals surface area contributed by atoms with Gasteiger partial charge < -0.3 is 5.11 Å². The Balaban J connectivity index is 3.22. The fraction of sp³-hybridized carbons (Fsp3) is 0.308. The van der Waals surface area contributed by atoms with Gasteiger partial charge in [-0.2, -0.15) is 5.26 Å². The van der Waals surface area contributed by atoms with E-state index in [4.69, 9.17) is 5.26 Å². The molecule has 1 atom stereocenters. The van der Waals surface area contributed by atoms with Gasteiger partial charge in [0.25, 0.3) is 0 Å². The highest BCUT2D eigenvalue weighted by Gasteiger charge is 2.14. The van der Waals surface area contributed by atoms with Crippen LogP contribution in [0.1, 0.15) is 28.4 Å². The molecule has 15 heavy (non-hydrogen) atoms. The fourth-order valence-electron chi connectivity index (χ4n) is 1.53. The third-order valence-corrected chi connectivity index (χ3v) is 2.65. The molecule has 0 heterocycles. The number of nitrogens with zero attached hydrogens (tertiary/aromatic N) is 1. The zero-order chi connectivity index (χ0) is 11.6. The largest absolute Gasteiger partial charge is 0.383 e. The molecule has 0 saturated carbocycles. The van der Waals surface area contributed by atoms with Crippen molar-refractivity contribution in [1.82, 2.24) is 0 Å². The molecule has 0 bridgehead atoms. The molecular formula is C13H15NO. The van der Waals surface area contributed by atoms with E-state index in [1.807, 2.05) is 39.0 Å². The number of aliphatic hydroxyl groups excluding tert-OH is 1. The van der Waals surface area contributed by atoms with Gasteiger partial charge in [-0.05, 0) is 43.0 Å². The van der Waals surface area contributed by atoms with Crippen LogP contribution in [0.5, 0.6) is 0 Å². The molecule has 0 radical (unpaired) electrons. The maximum absolute atomic E-state index is 9.86. The minimum atomic E-state index is -0.880. The van der Waals surface area contributed by atoms with Crippen LogP contribution in [0.15, 0.2) is 24.3 Å². The van der Waals surface area contributed by atoms with Crippen molar-refractivity contribution in [2.45, 2.75) is 26.9 Å². The molecule has 0 saturated heterocycles. The van der Waals surface area contributed by atoms with Gasteiger partial charge in [0.2, 0.25) is 0 Å². The van der Waals surface area contributed by atoms with Gasteiger partial charge >= 0.3 is 0 Å². The van der Waals surface area contributed by atoms with Crippen LogP contribution < -0.4 is 0 Å². The van der Waals surface area contributed by atoms with Crippen LogP contribution in [0.2, 0.25) is 0 Å². The lowest BCUT2D eigenvalue weighted by Crippen LogP contribution is -2.03. The number of hydrogen-bond donors (Lipinski definition) is 1. The first kappa shape index (κ1) is 11.5. The molecule has 0 amide bonds. The van der Waals surface area contributed by atoms with E-state index >= 15 is 0 Å². The van der Waals surface area contributed by atoms with Gasteiger partial charge in [-0.15, -0.1) is 0 Å². The van der Waals surface area contributed by atoms with Crippen LogP contribution in [-0.4, -0.2) is 5.11 Å². The van der Waals surface area contributed by atoms with Crippen molar-refractivity contribution in [2.24, 2.45) is 0 Å². The SMILES string of the molecule is C=C(C#N)C(O)c1cc(C)c(C)cc1C. The molecule has 0 aliphatic rings. The maximum Gasteiger partial charge on any atom is 0.114 e. The first-order valence-corrected chi connectivity index (χ1v) is 4.82. The molecule has 0 aliphatic carbocycles. The van der Waals surface area contributed by atoms with E-state index in [0.717, 1.165) is 16.7 Å². The lowest BCUT2D eigenvalue weighted by molar-refractivity contribution is 0.220. The number of rotatable bonds is 2. The molecule has 0 aromatic heterocycles. The topological polar surface area (TPSA) is 44.0 Å². The summed E-state index contributed by atoms with van der Waals surface area (Å²) in [5, 5.41) is 18.5. The van der Waals surface area contributed by atoms with Crippen LogP contribution in [0, 0.1) is 32.1 Å². The van der Waals surface area contributed by atoms with Gasteiger partial charge in [0.05, 0.1) is 11.6 Å². The first-order valence-electron chi connectivity index (χ1n) is 4.82. The lowest BCUT2D eigenvalue weighted by Gasteiger charge is -2.14.